The van der Waals surface area contributed by atoms with Crippen LogP contribution in [0, 0.1) is 0 Å². The van der Waals surface area contributed by atoms with Crippen LogP contribution in [0.3, 0.4) is 0 Å². The number of anilines is 6. The van der Waals surface area contributed by atoms with E-state index in [4.69, 9.17) is 0 Å². The van der Waals surface area contributed by atoms with Crippen LogP contribution in [0.2, 0.25) is 0 Å². The zero-order valence-corrected chi connectivity index (χ0v) is 52.4. The third kappa shape index (κ3) is 9.52. The first-order valence-corrected chi connectivity index (χ1v) is 31.0. The lowest BCUT2D eigenvalue weighted by atomic mass is 9.78. The summed E-state index contributed by atoms with van der Waals surface area (Å²) in [6, 6.07) is 65.9. The number of para-hydroxylation sites is 4. The van der Waals surface area contributed by atoms with Gasteiger partial charge in [-0.1, -0.05) is 154 Å². The van der Waals surface area contributed by atoms with E-state index in [1.165, 1.54) is 12.1 Å². The van der Waals surface area contributed by atoms with E-state index in [-0.39, 0.29) is 71.7 Å². The van der Waals surface area contributed by atoms with Crippen LogP contribution in [-0.2, 0) is 11.0 Å². The van der Waals surface area contributed by atoms with Crippen molar-refractivity contribution in [3.63, 3.8) is 0 Å². The molecule has 0 radical (unpaired) electrons. The first-order valence-electron chi connectivity index (χ1n) is 31.0. The Labute approximate surface area is 553 Å². The summed E-state index contributed by atoms with van der Waals surface area (Å²) in [4.78, 5) is 133. The van der Waals surface area contributed by atoms with Crippen molar-refractivity contribution >= 4 is 83.3 Å². The van der Waals surface area contributed by atoms with Crippen LogP contribution >= 0.6 is 0 Å². The molecule has 0 spiro atoms. The Morgan fingerprint density at radius 3 is 0.980 bits per heavy atom. The van der Waals surface area contributed by atoms with Gasteiger partial charge in [0.05, 0.1) is 65.8 Å². The second-order valence-corrected chi connectivity index (χ2v) is 24.3. The molecule has 3 N–H and O–H groups in total. The van der Waals surface area contributed by atoms with Gasteiger partial charge in [0.1, 0.15) is 5.60 Å². The van der Waals surface area contributed by atoms with Gasteiger partial charge in [0, 0.05) is 28.2 Å². The smallest absolute Gasteiger partial charge is 0.268 e. The minimum Gasteiger partial charge on any atom is -0.504 e. The fourth-order valence-electron chi connectivity index (χ4n) is 13.1. The Morgan fingerprint density at radius 2 is 0.633 bits per heavy atom. The second-order valence-electron chi connectivity index (χ2n) is 24.3. The lowest BCUT2D eigenvalue weighted by Gasteiger charge is -2.30. The third-order valence-electron chi connectivity index (χ3n) is 18.3. The molecular weight excluding hydrogens is 1240 g/mol. The molecule has 5 heterocycles. The summed E-state index contributed by atoms with van der Waals surface area (Å²) in [6.07, 6.45) is 1.11. The SMILES string of the molecule is C=Cc1nc(-n2c(=O)c3cc4c(=O)n(-c5cccc(N(c6ccccc6)c6ccccc6)c5O)c(=O)c4cc3c2=O)nc(-n2c(=O)c3cc4c(=O)n(-c5cccc(N(c6ccc(C(C)(C)c7ccccc7)cc6)c6ccc(C(C)(O)c7ccccc7)cc6)c5O)c(=O)c4cc3c2=O)n1. The summed E-state index contributed by atoms with van der Waals surface area (Å²) in [5.74, 6) is -2.54. The number of rotatable bonds is 15. The van der Waals surface area contributed by atoms with Crippen molar-refractivity contribution in [1.82, 2.24) is 33.2 Å². The number of nitrogens with zero attached hydrogens (tertiary/aromatic N) is 9. The molecule has 476 valence electrons. The first-order chi connectivity index (χ1) is 47.3. The normalized spacial score (nSPS) is 12.4. The molecule has 20 heteroatoms. The summed E-state index contributed by atoms with van der Waals surface area (Å²) in [5.41, 5.74) is -3.85. The number of aliphatic hydroxyl groups is 1. The largest absolute Gasteiger partial charge is 0.504 e. The number of benzene rings is 10. The Balaban J connectivity index is 0.794. The molecule has 98 heavy (non-hydrogen) atoms. The first kappa shape index (κ1) is 60.9. The summed E-state index contributed by atoms with van der Waals surface area (Å²) < 4.78 is 2.59. The van der Waals surface area contributed by atoms with Gasteiger partial charge in [0.25, 0.3) is 44.5 Å². The van der Waals surface area contributed by atoms with Crippen LogP contribution in [0.15, 0.2) is 275 Å². The van der Waals surface area contributed by atoms with Gasteiger partial charge >= 0.3 is 0 Å². The maximum atomic E-state index is 14.7. The van der Waals surface area contributed by atoms with E-state index >= 15 is 0 Å². The molecule has 0 aliphatic heterocycles. The predicted molar refractivity (Wildman–Crippen MR) is 379 cm³/mol. The molecule has 0 aliphatic carbocycles. The zero-order chi connectivity index (χ0) is 68.2. The molecule has 15 aromatic rings. The van der Waals surface area contributed by atoms with E-state index in [9.17, 15) is 53.7 Å². The van der Waals surface area contributed by atoms with Crippen LogP contribution in [0.1, 0.15) is 48.8 Å². The maximum absolute atomic E-state index is 14.7. The lowest BCUT2D eigenvalue weighted by Crippen LogP contribution is -2.30. The van der Waals surface area contributed by atoms with Crippen LogP contribution in [-0.4, -0.2) is 48.5 Å². The molecule has 20 nitrogen and oxygen atoms in total. The number of hydrogen-bond acceptors (Lipinski definition) is 16. The van der Waals surface area contributed by atoms with Crippen LogP contribution < -0.4 is 54.3 Å². The van der Waals surface area contributed by atoms with Crippen molar-refractivity contribution in [2.45, 2.75) is 31.8 Å². The Morgan fingerprint density at radius 1 is 0.347 bits per heavy atom. The zero-order valence-electron chi connectivity index (χ0n) is 52.4. The van der Waals surface area contributed by atoms with Gasteiger partial charge in [-0.15, -0.1) is 0 Å². The molecule has 0 saturated heterocycles. The van der Waals surface area contributed by atoms with Crippen molar-refractivity contribution in [2.75, 3.05) is 9.80 Å². The summed E-state index contributed by atoms with van der Waals surface area (Å²) in [5, 5.41) is 33.9. The molecule has 1 unspecified atom stereocenters. The molecule has 0 aliphatic rings. The van der Waals surface area contributed by atoms with E-state index in [0.29, 0.717) is 43.0 Å². The topological polar surface area (TPSA) is 262 Å². The molecule has 5 aromatic heterocycles. The molecule has 0 amide bonds. The standard InChI is InChI=1S/C78H53N9O11/c1-5-64-79-75(86-71(94)56-40-52-53(41-57(56)72(86)95)68(91)84(67(52)90)62-30-18-28-60(65(62)88)82(48-24-14-8-15-25-48)49-26-16-9-17-27-49)81-76(80-64)87-73(96)58-42-54-55(43-59(58)74(87)97)70(93)85(69(54)92)63-31-19-29-61(66(63)89)83(50-36-32-45(33-37-50)77(2,3)44-20-10-6-11-21-44)51-38-34-47(35-39-51)78(4,98)46-22-12-7-13-23-46/h5-43,88-89,98H,1H2,2-4H3. The average Bonchev–Trinajstić information content (AvgIpc) is 1.59. The lowest BCUT2D eigenvalue weighted by molar-refractivity contribution is 0.102. The van der Waals surface area contributed by atoms with Gasteiger partial charge in [0.15, 0.2) is 17.3 Å². The Kier molecular flexibility index (Phi) is 14.3. The molecule has 10 aromatic carbocycles. The van der Waals surface area contributed by atoms with E-state index in [2.05, 4.69) is 47.5 Å². The molecule has 0 bridgehead atoms. The number of phenolic OH excluding ortho intramolecular Hbond substituents is 2. The fourth-order valence-corrected chi connectivity index (χ4v) is 13.1. The molecule has 0 fully saturated rings. The number of fused-ring (bicyclic) bond motifs is 4. The van der Waals surface area contributed by atoms with Gasteiger partial charge in [-0.05, 0) is 132 Å². The Hall–Kier alpha value is -13.3. The number of hydrogen-bond donors (Lipinski definition) is 3. The molecular formula is C78H53N9O11. The average molecular weight is 1290 g/mol. The van der Waals surface area contributed by atoms with E-state index < -0.39 is 78.9 Å². The quantitative estimate of drug-likeness (QED) is 0.0861. The van der Waals surface area contributed by atoms with Gasteiger partial charge in [0.2, 0.25) is 11.9 Å². The maximum Gasteiger partial charge on any atom is 0.268 e. The van der Waals surface area contributed by atoms with Crippen LogP contribution in [0.4, 0.5) is 34.1 Å². The number of aromatic nitrogens is 7. The van der Waals surface area contributed by atoms with E-state index in [0.717, 1.165) is 50.6 Å². The van der Waals surface area contributed by atoms with Crippen molar-refractivity contribution < 1.29 is 15.3 Å². The summed E-state index contributed by atoms with van der Waals surface area (Å²) in [7, 11) is 0. The predicted octanol–water partition coefficient (Wildman–Crippen LogP) is 10.9. The highest BCUT2D eigenvalue weighted by Gasteiger charge is 2.31. The number of phenols is 2. The fraction of sp³-hybridized carbons (Fsp3) is 0.0641. The van der Waals surface area contributed by atoms with Gasteiger partial charge in [-0.2, -0.15) is 15.0 Å². The van der Waals surface area contributed by atoms with Crippen molar-refractivity contribution in [1.29, 1.82) is 0 Å². The minimum absolute atomic E-state index is 0.160. The highest BCUT2D eigenvalue weighted by atomic mass is 16.3. The van der Waals surface area contributed by atoms with Gasteiger partial charge in [-0.3, -0.25) is 38.4 Å². The Bertz CT molecular complexity index is 5940. The monoisotopic (exact) mass is 1290 g/mol. The minimum atomic E-state index is -1.38. The highest BCUT2D eigenvalue weighted by molar-refractivity contribution is 6.00. The van der Waals surface area contributed by atoms with E-state index in [1.807, 2.05) is 133 Å². The van der Waals surface area contributed by atoms with Gasteiger partial charge in [-0.25, -0.2) is 18.3 Å². The van der Waals surface area contributed by atoms with Gasteiger partial charge < -0.3 is 25.1 Å². The second kappa shape index (κ2) is 23.0. The van der Waals surface area contributed by atoms with Crippen molar-refractivity contribution in [3.05, 3.63) is 348 Å². The van der Waals surface area contributed by atoms with Crippen molar-refractivity contribution in [3.8, 4) is 34.8 Å². The molecule has 0 saturated carbocycles. The highest BCUT2D eigenvalue weighted by Crippen LogP contribution is 2.45. The summed E-state index contributed by atoms with van der Waals surface area (Å²) in [6.45, 7) is 9.64. The van der Waals surface area contributed by atoms with Crippen LogP contribution in [0.25, 0.3) is 72.4 Å². The van der Waals surface area contributed by atoms with Crippen molar-refractivity contribution in [2.24, 2.45) is 0 Å². The molecule has 15 rings (SSSR count). The third-order valence-corrected chi connectivity index (χ3v) is 18.3. The van der Waals surface area contributed by atoms with Crippen LogP contribution in [0.5, 0.6) is 11.5 Å². The summed E-state index contributed by atoms with van der Waals surface area (Å²) >= 11 is 0. The molecule has 1 atom stereocenters. The number of aromatic hydroxyl groups is 2. The van der Waals surface area contributed by atoms with E-state index in [1.54, 1.807) is 65.3 Å².